The number of aromatic nitrogens is 1. The Kier molecular flexibility index (Phi) is 5.73. The Balaban J connectivity index is 1.57. The van der Waals surface area contributed by atoms with Gasteiger partial charge >= 0.3 is 5.97 Å². The molecule has 0 spiro atoms. The van der Waals surface area contributed by atoms with Crippen molar-refractivity contribution in [3.8, 4) is 0 Å². The second kappa shape index (κ2) is 8.62. The third-order valence-electron chi connectivity index (χ3n) is 4.94. The minimum absolute atomic E-state index is 0.0925. The van der Waals surface area contributed by atoms with Crippen LogP contribution >= 0.6 is 11.6 Å². The summed E-state index contributed by atoms with van der Waals surface area (Å²) in [6, 6.07) is 20.9. The van der Waals surface area contributed by atoms with Crippen LogP contribution in [0, 0.1) is 0 Å². The largest absolute Gasteiger partial charge is 0.451 e. The number of esters is 1. The third kappa shape index (κ3) is 4.29. The van der Waals surface area contributed by atoms with Crippen molar-refractivity contribution in [2.24, 2.45) is 0 Å². The lowest BCUT2D eigenvalue weighted by atomic mass is 10.1. The van der Waals surface area contributed by atoms with Crippen LogP contribution in [-0.2, 0) is 20.9 Å². The lowest BCUT2D eigenvalue weighted by molar-refractivity contribution is -0.153. The molecule has 0 radical (unpaired) electrons. The van der Waals surface area contributed by atoms with Gasteiger partial charge in [0.15, 0.2) is 11.5 Å². The number of pyridine rings is 1. The number of benzene rings is 3. The Morgan fingerprint density at radius 2 is 1.58 bits per heavy atom. The van der Waals surface area contributed by atoms with Crippen LogP contribution in [0.2, 0.25) is 5.02 Å². The zero-order chi connectivity index (χ0) is 22.0. The summed E-state index contributed by atoms with van der Waals surface area (Å²) >= 11 is 5.93. The van der Waals surface area contributed by atoms with Gasteiger partial charge in [-0.3, -0.25) is 14.4 Å². The summed E-state index contributed by atoms with van der Waals surface area (Å²) in [7, 11) is 0. The maximum Gasteiger partial charge on any atom is 0.326 e. The molecule has 1 unspecified atom stereocenters. The Morgan fingerprint density at radius 3 is 2.19 bits per heavy atom. The average molecular weight is 435 g/mol. The van der Waals surface area contributed by atoms with Gasteiger partial charge in [0.25, 0.3) is 5.91 Å². The van der Waals surface area contributed by atoms with Gasteiger partial charge < -0.3 is 14.6 Å². The molecule has 1 heterocycles. The van der Waals surface area contributed by atoms with E-state index >= 15 is 0 Å². The van der Waals surface area contributed by atoms with E-state index in [-0.39, 0.29) is 12.0 Å². The zero-order valence-electron chi connectivity index (χ0n) is 16.7. The Hall–Kier alpha value is -3.64. The number of halogens is 1. The first-order chi connectivity index (χ1) is 14.9. The molecule has 156 valence electrons. The number of fused-ring (bicyclic) bond motifs is 2. The monoisotopic (exact) mass is 434 g/mol. The number of hydrogen-bond acceptors (Lipinski definition) is 4. The van der Waals surface area contributed by atoms with E-state index in [9.17, 15) is 14.4 Å². The highest BCUT2D eigenvalue weighted by Gasteiger charge is 2.20. The number of carbonyl (C=O) groups excluding carboxylic acids is 2. The lowest BCUT2D eigenvalue weighted by Crippen LogP contribution is -2.31. The summed E-state index contributed by atoms with van der Waals surface area (Å²) in [5.74, 6) is -1.06. The predicted octanol–water partition coefficient (Wildman–Crippen LogP) is 4.38. The van der Waals surface area contributed by atoms with Crippen molar-refractivity contribution in [3.63, 3.8) is 0 Å². The maximum absolute atomic E-state index is 12.8. The second-order valence-electron chi connectivity index (χ2n) is 7.08. The molecule has 6 nitrogen and oxygen atoms in total. The van der Waals surface area contributed by atoms with Crippen LogP contribution in [0.15, 0.2) is 77.6 Å². The lowest BCUT2D eigenvalue weighted by Gasteiger charge is -2.17. The van der Waals surface area contributed by atoms with E-state index in [1.54, 1.807) is 77.4 Å². The Bertz CT molecular complexity index is 1300. The van der Waals surface area contributed by atoms with E-state index in [0.717, 1.165) is 0 Å². The highest BCUT2D eigenvalue weighted by atomic mass is 35.5. The molecule has 0 bridgehead atoms. The smallest absolute Gasteiger partial charge is 0.326 e. The molecule has 3 aromatic carbocycles. The van der Waals surface area contributed by atoms with Crippen LogP contribution in [0.3, 0.4) is 0 Å². The quantitative estimate of drug-likeness (QED) is 0.373. The van der Waals surface area contributed by atoms with Crippen molar-refractivity contribution >= 4 is 51.0 Å². The van der Waals surface area contributed by atoms with E-state index in [2.05, 4.69) is 5.32 Å². The fraction of sp³-hybridized carbons (Fsp3) is 0.125. The third-order valence-corrected chi connectivity index (χ3v) is 5.17. The van der Waals surface area contributed by atoms with Crippen LogP contribution < -0.4 is 10.7 Å². The van der Waals surface area contributed by atoms with E-state index in [1.165, 1.54) is 6.92 Å². The number of ether oxygens (including phenoxy) is 1. The summed E-state index contributed by atoms with van der Waals surface area (Å²) in [6.07, 6.45) is -1.01. The molecule has 1 atom stereocenters. The van der Waals surface area contributed by atoms with Gasteiger partial charge in [-0.2, -0.15) is 0 Å². The predicted molar refractivity (Wildman–Crippen MR) is 121 cm³/mol. The van der Waals surface area contributed by atoms with Gasteiger partial charge in [-0.15, -0.1) is 0 Å². The van der Waals surface area contributed by atoms with Crippen LogP contribution in [0.5, 0.6) is 0 Å². The molecule has 4 aromatic rings. The normalized spacial score (nSPS) is 11.9. The summed E-state index contributed by atoms with van der Waals surface area (Å²) < 4.78 is 7.10. The standard InChI is InChI=1S/C24H19ClN2O4/c1-15(24(30)26-17-8-6-7-16(25)13-17)31-22(28)14-27-20-11-4-2-9-18(20)23(29)19-10-3-5-12-21(19)27/h2-13,15H,14H2,1H3,(H,26,30). The number of nitrogens with one attached hydrogen (secondary N) is 1. The van der Waals surface area contributed by atoms with Crippen molar-refractivity contribution in [1.82, 2.24) is 4.57 Å². The Morgan fingerprint density at radius 1 is 0.968 bits per heavy atom. The number of anilines is 1. The minimum atomic E-state index is -1.01. The van der Waals surface area contributed by atoms with E-state index < -0.39 is 18.0 Å². The van der Waals surface area contributed by atoms with E-state index in [4.69, 9.17) is 16.3 Å². The molecule has 4 rings (SSSR count). The molecule has 0 aliphatic rings. The molecule has 0 saturated carbocycles. The molecule has 0 fully saturated rings. The molecule has 0 aliphatic heterocycles. The molecule has 1 N–H and O–H groups in total. The summed E-state index contributed by atoms with van der Waals surface area (Å²) in [5, 5.41) is 4.18. The van der Waals surface area contributed by atoms with Crippen LogP contribution in [0.25, 0.3) is 21.8 Å². The van der Waals surface area contributed by atoms with Gasteiger partial charge in [0, 0.05) is 21.5 Å². The van der Waals surface area contributed by atoms with Crippen LogP contribution in [0.1, 0.15) is 6.92 Å². The highest BCUT2D eigenvalue weighted by Crippen LogP contribution is 2.20. The molecular weight excluding hydrogens is 416 g/mol. The number of hydrogen-bond donors (Lipinski definition) is 1. The van der Waals surface area contributed by atoms with Crippen molar-refractivity contribution in [3.05, 3.63) is 88.0 Å². The topological polar surface area (TPSA) is 77.4 Å². The summed E-state index contributed by atoms with van der Waals surface area (Å²) in [6.45, 7) is 1.36. The number of nitrogens with zero attached hydrogens (tertiary/aromatic N) is 1. The first-order valence-electron chi connectivity index (χ1n) is 9.70. The van der Waals surface area contributed by atoms with Crippen molar-refractivity contribution < 1.29 is 14.3 Å². The minimum Gasteiger partial charge on any atom is -0.451 e. The summed E-state index contributed by atoms with van der Waals surface area (Å²) in [4.78, 5) is 37.9. The molecule has 7 heteroatoms. The SMILES string of the molecule is CC(OC(=O)Cn1c2ccccc2c(=O)c2ccccc21)C(=O)Nc1cccc(Cl)c1. The number of para-hydroxylation sites is 2. The van der Waals surface area contributed by atoms with Crippen molar-refractivity contribution in [1.29, 1.82) is 0 Å². The Labute approximate surface area is 183 Å². The molecule has 1 amide bonds. The van der Waals surface area contributed by atoms with Gasteiger partial charge in [-0.25, -0.2) is 0 Å². The molecule has 31 heavy (non-hydrogen) atoms. The molecular formula is C24H19ClN2O4. The van der Waals surface area contributed by atoms with E-state index in [0.29, 0.717) is 32.5 Å². The molecule has 0 saturated heterocycles. The number of rotatable bonds is 5. The molecule has 1 aromatic heterocycles. The van der Waals surface area contributed by atoms with Gasteiger partial charge in [-0.05, 0) is 49.4 Å². The zero-order valence-corrected chi connectivity index (χ0v) is 17.4. The first kappa shape index (κ1) is 20.6. The van der Waals surface area contributed by atoms with Crippen molar-refractivity contribution in [2.45, 2.75) is 19.6 Å². The summed E-state index contributed by atoms with van der Waals surface area (Å²) in [5.41, 5.74) is 1.67. The first-order valence-corrected chi connectivity index (χ1v) is 10.1. The van der Waals surface area contributed by atoms with Gasteiger partial charge in [0.2, 0.25) is 0 Å². The maximum atomic E-state index is 12.8. The van der Waals surface area contributed by atoms with Crippen LogP contribution in [-0.4, -0.2) is 22.5 Å². The fourth-order valence-corrected chi connectivity index (χ4v) is 3.66. The van der Waals surface area contributed by atoms with Crippen LogP contribution in [0.4, 0.5) is 5.69 Å². The highest BCUT2D eigenvalue weighted by molar-refractivity contribution is 6.30. The molecule has 0 aliphatic carbocycles. The van der Waals surface area contributed by atoms with Gasteiger partial charge in [-0.1, -0.05) is 41.9 Å². The van der Waals surface area contributed by atoms with E-state index in [1.807, 2.05) is 0 Å². The van der Waals surface area contributed by atoms with Gasteiger partial charge in [0.1, 0.15) is 6.54 Å². The number of carbonyl (C=O) groups is 2. The fourth-order valence-electron chi connectivity index (χ4n) is 3.47. The number of amides is 1. The van der Waals surface area contributed by atoms with Crippen molar-refractivity contribution in [2.75, 3.05) is 5.32 Å². The van der Waals surface area contributed by atoms with Gasteiger partial charge in [0.05, 0.1) is 11.0 Å². The average Bonchev–Trinajstić information content (AvgIpc) is 2.76. The second-order valence-corrected chi connectivity index (χ2v) is 7.52.